The second-order valence-corrected chi connectivity index (χ2v) is 3.73. The maximum absolute atomic E-state index is 11.8. The van der Waals surface area contributed by atoms with Gasteiger partial charge in [0, 0.05) is 23.6 Å². The maximum Gasteiger partial charge on any atom is 0.163 e. The number of rotatable bonds is 4. The molecule has 0 radical (unpaired) electrons. The van der Waals surface area contributed by atoms with Crippen molar-refractivity contribution in [2.75, 3.05) is 6.54 Å². The number of ketones is 1. The van der Waals surface area contributed by atoms with E-state index in [1.54, 1.807) is 6.20 Å². The molecule has 3 nitrogen and oxygen atoms in total. The van der Waals surface area contributed by atoms with E-state index in [1.807, 2.05) is 30.3 Å². The average molecular weight is 214 g/mol. The molecule has 0 saturated heterocycles. The van der Waals surface area contributed by atoms with Gasteiger partial charge in [-0.1, -0.05) is 18.2 Å². The molecule has 0 bridgehead atoms. The molecule has 3 heteroatoms. The minimum absolute atomic E-state index is 0.137. The predicted molar refractivity (Wildman–Crippen MR) is 64.4 cm³/mol. The van der Waals surface area contributed by atoms with Crippen molar-refractivity contribution in [3.63, 3.8) is 0 Å². The number of nitrogens with zero attached hydrogens (tertiary/aromatic N) is 1. The second-order valence-electron chi connectivity index (χ2n) is 3.73. The highest BCUT2D eigenvalue weighted by Gasteiger charge is 2.05. The first-order valence-electron chi connectivity index (χ1n) is 5.39. The zero-order valence-electron chi connectivity index (χ0n) is 9.02. The summed E-state index contributed by atoms with van der Waals surface area (Å²) in [5.74, 6) is 0.137. The van der Waals surface area contributed by atoms with Crippen LogP contribution in [-0.4, -0.2) is 17.3 Å². The van der Waals surface area contributed by atoms with Gasteiger partial charge in [0.05, 0.1) is 5.52 Å². The van der Waals surface area contributed by atoms with Crippen LogP contribution in [0.25, 0.3) is 10.9 Å². The molecular formula is C13H14N2O. The lowest BCUT2D eigenvalue weighted by molar-refractivity contribution is 0.0981. The molecule has 0 saturated carbocycles. The van der Waals surface area contributed by atoms with Crippen LogP contribution in [0.2, 0.25) is 0 Å². The molecule has 0 atom stereocenters. The number of hydrogen-bond donors (Lipinski definition) is 1. The van der Waals surface area contributed by atoms with E-state index >= 15 is 0 Å². The molecule has 16 heavy (non-hydrogen) atoms. The summed E-state index contributed by atoms with van der Waals surface area (Å²) in [6.07, 6.45) is 2.98. The van der Waals surface area contributed by atoms with E-state index < -0.39 is 0 Å². The standard InChI is InChI=1S/C13H14N2O/c14-7-1-4-13(16)11-6-5-10-3-2-8-15-12(10)9-11/h2-3,5-6,8-9H,1,4,7,14H2. The summed E-state index contributed by atoms with van der Waals surface area (Å²) in [6, 6.07) is 9.49. The van der Waals surface area contributed by atoms with Crippen molar-refractivity contribution in [3.05, 3.63) is 42.1 Å². The van der Waals surface area contributed by atoms with Crippen LogP contribution in [-0.2, 0) is 0 Å². The Bertz CT molecular complexity index is 508. The predicted octanol–water partition coefficient (Wildman–Crippen LogP) is 2.16. The highest BCUT2D eigenvalue weighted by atomic mass is 16.1. The van der Waals surface area contributed by atoms with Crippen molar-refractivity contribution in [3.8, 4) is 0 Å². The van der Waals surface area contributed by atoms with Crippen LogP contribution < -0.4 is 5.73 Å². The van der Waals surface area contributed by atoms with E-state index in [1.165, 1.54) is 0 Å². The minimum atomic E-state index is 0.137. The number of carbonyl (C=O) groups is 1. The van der Waals surface area contributed by atoms with Gasteiger partial charge in [0.2, 0.25) is 0 Å². The summed E-state index contributed by atoms with van der Waals surface area (Å²) in [5, 5.41) is 1.05. The van der Waals surface area contributed by atoms with Gasteiger partial charge < -0.3 is 5.73 Å². The van der Waals surface area contributed by atoms with Crippen molar-refractivity contribution in [1.29, 1.82) is 0 Å². The number of pyridine rings is 1. The topological polar surface area (TPSA) is 56.0 Å². The zero-order chi connectivity index (χ0) is 11.4. The highest BCUT2D eigenvalue weighted by Crippen LogP contribution is 2.14. The Hall–Kier alpha value is -1.74. The maximum atomic E-state index is 11.8. The number of Topliss-reactive ketones (excluding diaryl/α,β-unsaturated/α-hetero) is 1. The van der Waals surface area contributed by atoms with Crippen molar-refractivity contribution in [1.82, 2.24) is 4.98 Å². The zero-order valence-corrected chi connectivity index (χ0v) is 9.02. The first-order valence-corrected chi connectivity index (χ1v) is 5.39. The fraction of sp³-hybridized carbons (Fsp3) is 0.231. The van der Waals surface area contributed by atoms with Crippen LogP contribution in [0.1, 0.15) is 23.2 Å². The van der Waals surface area contributed by atoms with Crippen LogP contribution in [0.4, 0.5) is 0 Å². The third-order valence-electron chi connectivity index (χ3n) is 2.54. The monoisotopic (exact) mass is 214 g/mol. The Morgan fingerprint density at radius 1 is 1.31 bits per heavy atom. The molecular weight excluding hydrogens is 200 g/mol. The summed E-state index contributed by atoms with van der Waals surface area (Å²) >= 11 is 0. The molecule has 0 aliphatic carbocycles. The van der Waals surface area contributed by atoms with E-state index in [4.69, 9.17) is 5.73 Å². The summed E-state index contributed by atoms with van der Waals surface area (Å²) in [7, 11) is 0. The molecule has 2 rings (SSSR count). The molecule has 0 unspecified atom stereocenters. The number of carbonyl (C=O) groups excluding carboxylic acids is 1. The van der Waals surface area contributed by atoms with Crippen molar-refractivity contribution in [2.45, 2.75) is 12.8 Å². The van der Waals surface area contributed by atoms with E-state index in [9.17, 15) is 4.79 Å². The largest absolute Gasteiger partial charge is 0.330 e. The number of aromatic nitrogens is 1. The van der Waals surface area contributed by atoms with Crippen molar-refractivity contribution in [2.24, 2.45) is 5.73 Å². The molecule has 0 amide bonds. The molecule has 1 aromatic heterocycles. The fourth-order valence-electron chi connectivity index (χ4n) is 1.65. The van der Waals surface area contributed by atoms with Crippen LogP contribution in [0, 0.1) is 0 Å². The van der Waals surface area contributed by atoms with E-state index in [-0.39, 0.29) is 5.78 Å². The Labute approximate surface area is 94.3 Å². The normalized spacial score (nSPS) is 10.6. The molecule has 1 aromatic carbocycles. The highest BCUT2D eigenvalue weighted by molar-refractivity contribution is 5.99. The quantitative estimate of drug-likeness (QED) is 0.793. The summed E-state index contributed by atoms with van der Waals surface area (Å²) in [4.78, 5) is 16.0. The first-order chi connectivity index (χ1) is 7.81. The first kappa shape index (κ1) is 10.8. The van der Waals surface area contributed by atoms with Gasteiger partial charge in [0.1, 0.15) is 0 Å². The van der Waals surface area contributed by atoms with Gasteiger partial charge in [-0.05, 0) is 25.1 Å². The van der Waals surface area contributed by atoms with Gasteiger partial charge >= 0.3 is 0 Å². The minimum Gasteiger partial charge on any atom is -0.330 e. The smallest absolute Gasteiger partial charge is 0.163 e. The summed E-state index contributed by atoms with van der Waals surface area (Å²) in [5.41, 5.74) is 6.96. The molecule has 0 aliphatic rings. The number of nitrogens with two attached hydrogens (primary N) is 1. The van der Waals surface area contributed by atoms with Gasteiger partial charge in [-0.3, -0.25) is 9.78 Å². The Balaban J connectivity index is 2.28. The Morgan fingerprint density at radius 2 is 2.19 bits per heavy atom. The Morgan fingerprint density at radius 3 is 3.00 bits per heavy atom. The van der Waals surface area contributed by atoms with Crippen molar-refractivity contribution >= 4 is 16.7 Å². The molecule has 2 N–H and O–H groups in total. The summed E-state index contributed by atoms with van der Waals surface area (Å²) < 4.78 is 0. The van der Waals surface area contributed by atoms with Crippen LogP contribution >= 0.6 is 0 Å². The van der Waals surface area contributed by atoms with E-state index in [2.05, 4.69) is 4.98 Å². The number of fused-ring (bicyclic) bond motifs is 1. The van der Waals surface area contributed by atoms with Gasteiger partial charge in [0.25, 0.3) is 0 Å². The van der Waals surface area contributed by atoms with Crippen molar-refractivity contribution < 1.29 is 4.79 Å². The van der Waals surface area contributed by atoms with Crippen LogP contribution in [0.3, 0.4) is 0 Å². The molecule has 0 aliphatic heterocycles. The van der Waals surface area contributed by atoms with Crippen LogP contribution in [0.15, 0.2) is 36.5 Å². The Kier molecular flexibility index (Phi) is 3.27. The van der Waals surface area contributed by atoms with E-state index in [0.717, 1.165) is 22.9 Å². The fourth-order valence-corrected chi connectivity index (χ4v) is 1.65. The lowest BCUT2D eigenvalue weighted by Gasteiger charge is -2.01. The summed E-state index contributed by atoms with van der Waals surface area (Å²) in [6.45, 7) is 0.553. The number of benzene rings is 1. The van der Waals surface area contributed by atoms with Gasteiger partial charge in [0.15, 0.2) is 5.78 Å². The van der Waals surface area contributed by atoms with Gasteiger partial charge in [-0.25, -0.2) is 0 Å². The number of hydrogen-bond acceptors (Lipinski definition) is 3. The molecule has 0 fully saturated rings. The lowest BCUT2D eigenvalue weighted by atomic mass is 10.0. The second kappa shape index (κ2) is 4.86. The van der Waals surface area contributed by atoms with Crippen LogP contribution in [0.5, 0.6) is 0 Å². The molecule has 1 heterocycles. The van der Waals surface area contributed by atoms with Gasteiger partial charge in [-0.15, -0.1) is 0 Å². The average Bonchev–Trinajstić information content (AvgIpc) is 2.35. The lowest BCUT2D eigenvalue weighted by Crippen LogP contribution is -2.04. The molecule has 82 valence electrons. The molecule has 2 aromatic rings. The third kappa shape index (κ3) is 2.25. The molecule has 0 spiro atoms. The van der Waals surface area contributed by atoms with Gasteiger partial charge in [-0.2, -0.15) is 0 Å². The van der Waals surface area contributed by atoms with E-state index in [0.29, 0.717) is 13.0 Å². The SMILES string of the molecule is NCCCC(=O)c1ccc2cccnc2c1. The third-order valence-corrected chi connectivity index (χ3v) is 2.54.